The van der Waals surface area contributed by atoms with Crippen LogP contribution >= 0.6 is 0 Å². The molecule has 84 valence electrons. The van der Waals surface area contributed by atoms with Crippen LogP contribution in [-0.2, 0) is 6.61 Å². The summed E-state index contributed by atoms with van der Waals surface area (Å²) in [7, 11) is 1.44. The van der Waals surface area contributed by atoms with Crippen LogP contribution in [0.3, 0.4) is 0 Å². The molecule has 5 nitrogen and oxygen atoms in total. The van der Waals surface area contributed by atoms with E-state index in [0.717, 1.165) is 0 Å². The first-order valence-corrected chi connectivity index (χ1v) is 4.51. The quantitative estimate of drug-likeness (QED) is 0.852. The molecule has 0 unspecified atom stereocenters. The third-order valence-corrected chi connectivity index (χ3v) is 1.97. The van der Waals surface area contributed by atoms with E-state index in [1.807, 2.05) is 0 Å². The van der Waals surface area contributed by atoms with Crippen molar-refractivity contribution in [2.45, 2.75) is 6.61 Å². The second-order valence-corrected chi connectivity index (χ2v) is 3.05. The summed E-state index contributed by atoms with van der Waals surface area (Å²) in [6.45, 7) is -0.348. The van der Waals surface area contributed by atoms with Gasteiger partial charge in [0.15, 0.2) is 0 Å². The summed E-state index contributed by atoms with van der Waals surface area (Å²) >= 11 is 0. The lowest BCUT2D eigenvalue weighted by atomic mass is 10.2. The second kappa shape index (κ2) is 4.28. The van der Waals surface area contributed by atoms with Gasteiger partial charge in [0, 0.05) is 11.6 Å². The normalized spacial score (nSPS) is 10.4. The van der Waals surface area contributed by atoms with Crippen molar-refractivity contribution in [1.82, 2.24) is 10.1 Å². The lowest BCUT2D eigenvalue weighted by Gasteiger charge is -2.01. The first-order valence-electron chi connectivity index (χ1n) is 4.51. The van der Waals surface area contributed by atoms with Crippen LogP contribution in [0.15, 0.2) is 22.7 Å². The number of aromatic nitrogens is 2. The maximum atomic E-state index is 13.2. The number of aliphatic hydroxyl groups is 1. The molecule has 1 aromatic carbocycles. The van der Waals surface area contributed by atoms with E-state index in [9.17, 15) is 4.39 Å². The SMILES string of the molecule is COc1cc(F)cc(-c2noc(CO)n2)c1. The molecule has 0 aliphatic rings. The minimum absolute atomic E-state index is 0.0817. The van der Waals surface area contributed by atoms with Gasteiger partial charge < -0.3 is 14.4 Å². The minimum Gasteiger partial charge on any atom is -0.497 e. The zero-order valence-corrected chi connectivity index (χ0v) is 8.48. The Morgan fingerprint density at radius 3 is 2.88 bits per heavy atom. The third kappa shape index (κ3) is 2.01. The highest BCUT2D eigenvalue weighted by Crippen LogP contribution is 2.23. The number of aliphatic hydroxyl groups excluding tert-OH is 1. The first-order chi connectivity index (χ1) is 7.72. The highest BCUT2D eigenvalue weighted by molar-refractivity contribution is 5.57. The van der Waals surface area contributed by atoms with Gasteiger partial charge in [-0.3, -0.25) is 0 Å². The summed E-state index contributed by atoms with van der Waals surface area (Å²) in [6.07, 6.45) is 0. The van der Waals surface area contributed by atoms with Crippen molar-refractivity contribution in [3.05, 3.63) is 29.9 Å². The molecule has 2 aromatic rings. The van der Waals surface area contributed by atoms with Crippen LogP contribution in [0.1, 0.15) is 5.89 Å². The summed E-state index contributed by atoms with van der Waals surface area (Å²) in [5.41, 5.74) is 0.431. The van der Waals surface area contributed by atoms with E-state index in [4.69, 9.17) is 14.4 Å². The molecular weight excluding hydrogens is 215 g/mol. The van der Waals surface area contributed by atoms with Gasteiger partial charge in [-0.2, -0.15) is 4.98 Å². The molecule has 0 atom stereocenters. The molecule has 0 amide bonds. The molecule has 0 aliphatic carbocycles. The molecule has 1 N–H and O–H groups in total. The van der Waals surface area contributed by atoms with Gasteiger partial charge in [0.2, 0.25) is 5.82 Å². The van der Waals surface area contributed by atoms with E-state index in [1.165, 1.54) is 19.2 Å². The van der Waals surface area contributed by atoms with Crippen molar-refractivity contribution in [2.75, 3.05) is 7.11 Å². The second-order valence-electron chi connectivity index (χ2n) is 3.05. The fraction of sp³-hybridized carbons (Fsp3) is 0.200. The van der Waals surface area contributed by atoms with Gasteiger partial charge in [0.05, 0.1) is 7.11 Å². The Balaban J connectivity index is 2.42. The molecule has 0 saturated carbocycles. The number of ether oxygens (including phenoxy) is 1. The van der Waals surface area contributed by atoms with E-state index in [2.05, 4.69) is 10.1 Å². The van der Waals surface area contributed by atoms with Crippen molar-refractivity contribution in [3.8, 4) is 17.1 Å². The molecule has 0 aliphatic heterocycles. The number of methoxy groups -OCH3 is 1. The molecule has 2 rings (SSSR count). The standard InChI is InChI=1S/C10H9FN2O3/c1-15-8-3-6(2-7(11)4-8)10-12-9(5-14)16-13-10/h2-4,14H,5H2,1H3. The number of halogens is 1. The van der Waals surface area contributed by atoms with Crippen LogP contribution in [0.2, 0.25) is 0 Å². The number of benzene rings is 1. The van der Waals surface area contributed by atoms with E-state index in [1.54, 1.807) is 6.07 Å². The third-order valence-electron chi connectivity index (χ3n) is 1.97. The first kappa shape index (κ1) is 10.6. The van der Waals surface area contributed by atoms with Crippen LogP contribution in [0, 0.1) is 5.82 Å². The number of hydrogen-bond acceptors (Lipinski definition) is 5. The lowest BCUT2D eigenvalue weighted by Crippen LogP contribution is -1.88. The van der Waals surface area contributed by atoms with Crippen molar-refractivity contribution >= 4 is 0 Å². The molecular formula is C10H9FN2O3. The van der Waals surface area contributed by atoms with Crippen molar-refractivity contribution < 1.29 is 18.8 Å². The highest BCUT2D eigenvalue weighted by Gasteiger charge is 2.10. The predicted molar refractivity (Wildman–Crippen MR) is 52.2 cm³/mol. The fourth-order valence-electron chi connectivity index (χ4n) is 1.25. The summed E-state index contributed by atoms with van der Waals surface area (Å²) in [5, 5.41) is 12.4. The topological polar surface area (TPSA) is 68.4 Å². The van der Waals surface area contributed by atoms with Crippen LogP contribution in [0.25, 0.3) is 11.4 Å². The Labute approximate surface area is 90.5 Å². The lowest BCUT2D eigenvalue weighted by molar-refractivity contribution is 0.222. The molecule has 6 heteroatoms. The van der Waals surface area contributed by atoms with Crippen LogP contribution in [0.4, 0.5) is 4.39 Å². The number of hydrogen-bond donors (Lipinski definition) is 1. The monoisotopic (exact) mass is 224 g/mol. The van der Waals surface area contributed by atoms with Crippen molar-refractivity contribution in [1.29, 1.82) is 0 Å². The number of rotatable bonds is 3. The van der Waals surface area contributed by atoms with Gasteiger partial charge in [0.25, 0.3) is 5.89 Å². The summed E-state index contributed by atoms with van der Waals surface area (Å²) in [4.78, 5) is 3.87. The van der Waals surface area contributed by atoms with Crippen LogP contribution in [0.5, 0.6) is 5.75 Å². The Morgan fingerprint density at radius 2 is 2.25 bits per heavy atom. The highest BCUT2D eigenvalue weighted by atomic mass is 19.1. The Morgan fingerprint density at radius 1 is 1.44 bits per heavy atom. The molecule has 0 bridgehead atoms. The summed E-state index contributed by atoms with van der Waals surface area (Å²) in [5.74, 6) is 0.204. The van der Waals surface area contributed by atoms with Gasteiger partial charge in [0.1, 0.15) is 18.2 Å². The van der Waals surface area contributed by atoms with Crippen LogP contribution < -0.4 is 4.74 Å². The van der Waals surface area contributed by atoms with Crippen LogP contribution in [-0.4, -0.2) is 22.4 Å². The van der Waals surface area contributed by atoms with Gasteiger partial charge in [-0.1, -0.05) is 5.16 Å². The molecule has 0 fully saturated rings. The van der Waals surface area contributed by atoms with Gasteiger partial charge >= 0.3 is 0 Å². The van der Waals surface area contributed by atoms with Gasteiger partial charge in [-0.05, 0) is 12.1 Å². The maximum Gasteiger partial charge on any atom is 0.252 e. The molecule has 0 saturated heterocycles. The Kier molecular flexibility index (Phi) is 2.82. The molecule has 1 aromatic heterocycles. The average molecular weight is 224 g/mol. The zero-order valence-electron chi connectivity index (χ0n) is 8.48. The summed E-state index contributed by atoms with van der Waals surface area (Å²) in [6, 6.07) is 4.08. The molecule has 1 heterocycles. The minimum atomic E-state index is -0.454. The molecule has 0 radical (unpaired) electrons. The maximum absolute atomic E-state index is 13.2. The molecule has 0 spiro atoms. The number of nitrogens with zero attached hydrogens (tertiary/aromatic N) is 2. The van der Waals surface area contributed by atoms with E-state index < -0.39 is 5.82 Å². The van der Waals surface area contributed by atoms with Gasteiger partial charge in [-0.15, -0.1) is 0 Å². The summed E-state index contributed by atoms with van der Waals surface area (Å²) < 4.78 is 22.8. The van der Waals surface area contributed by atoms with Crippen molar-refractivity contribution in [2.24, 2.45) is 0 Å². The zero-order chi connectivity index (χ0) is 11.5. The largest absolute Gasteiger partial charge is 0.497 e. The Bertz CT molecular complexity index is 499. The van der Waals surface area contributed by atoms with Crippen molar-refractivity contribution in [3.63, 3.8) is 0 Å². The van der Waals surface area contributed by atoms with E-state index >= 15 is 0 Å². The average Bonchev–Trinajstić information content (AvgIpc) is 2.76. The Hall–Kier alpha value is -1.95. The smallest absolute Gasteiger partial charge is 0.252 e. The van der Waals surface area contributed by atoms with E-state index in [0.29, 0.717) is 11.3 Å². The fourth-order valence-corrected chi connectivity index (χ4v) is 1.25. The van der Waals surface area contributed by atoms with Gasteiger partial charge in [-0.25, -0.2) is 4.39 Å². The molecule has 16 heavy (non-hydrogen) atoms. The predicted octanol–water partition coefficient (Wildman–Crippen LogP) is 1.38. The van der Waals surface area contributed by atoms with E-state index in [-0.39, 0.29) is 18.3 Å².